The third-order valence-electron chi connectivity index (χ3n) is 3.31. The van der Waals surface area contributed by atoms with E-state index in [4.69, 9.17) is 0 Å². The molecule has 0 aromatic heterocycles. The fraction of sp³-hybridized carbons (Fsp3) is 0.571. The Hall–Kier alpha value is -0.500. The number of para-hydroxylation sites is 1. The largest absolute Gasteiger partial charge is 0.368 e. The summed E-state index contributed by atoms with van der Waals surface area (Å²) in [5, 5.41) is 1.05. The average molecular weight is 282 g/mol. The van der Waals surface area contributed by atoms with Gasteiger partial charge in [-0.25, -0.2) is 0 Å². The van der Waals surface area contributed by atoms with Crippen molar-refractivity contribution in [2.24, 2.45) is 5.41 Å². The quantitative estimate of drug-likeness (QED) is 0.761. The van der Waals surface area contributed by atoms with Gasteiger partial charge in [-0.1, -0.05) is 48.0 Å². The van der Waals surface area contributed by atoms with Crippen molar-refractivity contribution in [1.29, 1.82) is 0 Å². The molecule has 0 amide bonds. The lowest BCUT2D eigenvalue weighted by molar-refractivity contribution is 0.411. The highest BCUT2D eigenvalue weighted by Crippen LogP contribution is 2.34. The van der Waals surface area contributed by atoms with Gasteiger partial charge in [0, 0.05) is 23.6 Å². The zero-order chi connectivity index (χ0) is 11.8. The number of fused-ring (bicyclic) bond motifs is 1. The molecule has 88 valence electrons. The molecule has 0 fully saturated rings. The monoisotopic (exact) mass is 281 g/mol. The van der Waals surface area contributed by atoms with E-state index in [1.807, 2.05) is 0 Å². The summed E-state index contributed by atoms with van der Waals surface area (Å²) in [4.78, 5) is 2.55. The minimum absolute atomic E-state index is 0.325. The molecule has 1 aliphatic heterocycles. The van der Waals surface area contributed by atoms with Crippen molar-refractivity contribution < 1.29 is 0 Å². The molecule has 1 heterocycles. The molecule has 1 aliphatic rings. The van der Waals surface area contributed by atoms with Gasteiger partial charge in [0.25, 0.3) is 0 Å². The van der Waals surface area contributed by atoms with Gasteiger partial charge >= 0.3 is 0 Å². The molecule has 0 aliphatic carbocycles. The van der Waals surface area contributed by atoms with Crippen LogP contribution in [0.25, 0.3) is 0 Å². The molecule has 0 radical (unpaired) electrons. The summed E-state index contributed by atoms with van der Waals surface area (Å²) < 4.78 is 0. The van der Waals surface area contributed by atoms with Crippen LogP contribution in [0, 0.1) is 5.41 Å². The Morgan fingerprint density at radius 1 is 1.38 bits per heavy atom. The van der Waals surface area contributed by atoms with E-state index in [9.17, 15) is 0 Å². The summed E-state index contributed by atoms with van der Waals surface area (Å²) in [6.45, 7) is 8.07. The van der Waals surface area contributed by atoms with Gasteiger partial charge in [0.2, 0.25) is 0 Å². The molecule has 1 aromatic carbocycles. The van der Waals surface area contributed by atoms with Crippen molar-refractivity contribution >= 4 is 21.6 Å². The number of nitrogens with zero attached hydrogens (tertiary/aromatic N) is 1. The van der Waals surface area contributed by atoms with E-state index >= 15 is 0 Å². The molecular formula is C14H20BrN. The highest BCUT2D eigenvalue weighted by Gasteiger charge is 2.30. The van der Waals surface area contributed by atoms with Crippen LogP contribution >= 0.6 is 15.9 Å². The first-order chi connectivity index (χ1) is 7.53. The lowest BCUT2D eigenvalue weighted by Crippen LogP contribution is -2.38. The van der Waals surface area contributed by atoms with E-state index in [0.29, 0.717) is 11.5 Å². The van der Waals surface area contributed by atoms with E-state index in [-0.39, 0.29) is 0 Å². The van der Waals surface area contributed by atoms with Gasteiger partial charge < -0.3 is 4.90 Å². The molecule has 1 atom stereocenters. The molecule has 0 saturated carbocycles. The Morgan fingerprint density at radius 3 is 2.75 bits per heavy atom. The lowest BCUT2D eigenvalue weighted by Gasteiger charge is -2.33. The van der Waals surface area contributed by atoms with E-state index in [1.54, 1.807) is 0 Å². The minimum Gasteiger partial charge on any atom is -0.368 e. The predicted molar refractivity (Wildman–Crippen MR) is 74.5 cm³/mol. The van der Waals surface area contributed by atoms with Crippen LogP contribution in [-0.4, -0.2) is 17.9 Å². The van der Waals surface area contributed by atoms with E-state index in [1.165, 1.54) is 17.7 Å². The van der Waals surface area contributed by atoms with Gasteiger partial charge in [-0.3, -0.25) is 0 Å². The molecular weight excluding hydrogens is 262 g/mol. The lowest BCUT2D eigenvalue weighted by atomic mass is 9.95. The van der Waals surface area contributed by atoms with Gasteiger partial charge in [-0.05, 0) is 30.4 Å². The normalized spacial score (nSPS) is 20.0. The second-order valence-corrected chi connectivity index (χ2v) is 6.17. The molecule has 1 unspecified atom stereocenters. The highest BCUT2D eigenvalue weighted by atomic mass is 79.9. The molecule has 2 rings (SSSR count). The van der Waals surface area contributed by atoms with E-state index < -0.39 is 0 Å². The standard InChI is InChI=1S/C14H20BrN/c1-11-8-12-6-4-5-7-13(12)16(11)10-14(2,3)9-15/h4-7,11H,8-10H2,1-3H3. The van der Waals surface area contributed by atoms with Gasteiger partial charge in [0.05, 0.1) is 0 Å². The zero-order valence-electron chi connectivity index (χ0n) is 10.3. The summed E-state index contributed by atoms with van der Waals surface area (Å²) in [6.07, 6.45) is 1.19. The SMILES string of the molecule is CC1Cc2ccccc2N1CC(C)(C)CBr. The highest BCUT2D eigenvalue weighted by molar-refractivity contribution is 9.09. The number of alkyl halides is 1. The summed E-state index contributed by atoms with van der Waals surface area (Å²) in [6, 6.07) is 9.43. The van der Waals surface area contributed by atoms with Gasteiger partial charge in [-0.15, -0.1) is 0 Å². The molecule has 16 heavy (non-hydrogen) atoms. The van der Waals surface area contributed by atoms with Crippen molar-refractivity contribution in [3.63, 3.8) is 0 Å². The van der Waals surface area contributed by atoms with Crippen LogP contribution in [0.5, 0.6) is 0 Å². The third kappa shape index (κ3) is 2.27. The number of hydrogen-bond acceptors (Lipinski definition) is 1. The maximum Gasteiger partial charge on any atom is 0.0402 e. The van der Waals surface area contributed by atoms with Crippen LogP contribution in [0.15, 0.2) is 24.3 Å². The van der Waals surface area contributed by atoms with Crippen LogP contribution in [0.1, 0.15) is 26.3 Å². The second-order valence-electron chi connectivity index (χ2n) is 5.61. The topological polar surface area (TPSA) is 3.24 Å². The molecule has 1 aromatic rings. The number of anilines is 1. The van der Waals surface area contributed by atoms with Crippen molar-refractivity contribution in [3.05, 3.63) is 29.8 Å². The number of halogens is 1. The Kier molecular flexibility index (Phi) is 3.29. The maximum absolute atomic E-state index is 3.61. The Balaban J connectivity index is 2.22. The second kappa shape index (κ2) is 4.40. The Bertz CT molecular complexity index is 373. The first-order valence-corrected chi connectivity index (χ1v) is 7.06. The van der Waals surface area contributed by atoms with Crippen LogP contribution < -0.4 is 4.90 Å². The summed E-state index contributed by atoms with van der Waals surface area (Å²) >= 11 is 3.61. The van der Waals surface area contributed by atoms with Crippen LogP contribution in [0.3, 0.4) is 0 Å². The Morgan fingerprint density at radius 2 is 2.06 bits per heavy atom. The van der Waals surface area contributed by atoms with Crippen molar-refractivity contribution in [2.45, 2.75) is 33.2 Å². The van der Waals surface area contributed by atoms with Crippen LogP contribution in [0.4, 0.5) is 5.69 Å². The third-order valence-corrected chi connectivity index (χ3v) is 4.83. The summed E-state index contributed by atoms with van der Waals surface area (Å²) in [7, 11) is 0. The average Bonchev–Trinajstić information content (AvgIpc) is 2.56. The first-order valence-electron chi connectivity index (χ1n) is 5.94. The van der Waals surface area contributed by atoms with E-state index in [2.05, 4.69) is 65.9 Å². The molecule has 1 nitrogen and oxygen atoms in total. The van der Waals surface area contributed by atoms with Gasteiger partial charge in [0.1, 0.15) is 0 Å². The van der Waals surface area contributed by atoms with Crippen molar-refractivity contribution in [3.8, 4) is 0 Å². The van der Waals surface area contributed by atoms with E-state index in [0.717, 1.165) is 11.9 Å². The smallest absolute Gasteiger partial charge is 0.0402 e. The zero-order valence-corrected chi connectivity index (χ0v) is 11.9. The summed E-state index contributed by atoms with van der Waals surface area (Å²) in [5.41, 5.74) is 3.26. The van der Waals surface area contributed by atoms with Crippen LogP contribution in [-0.2, 0) is 6.42 Å². The number of benzene rings is 1. The van der Waals surface area contributed by atoms with Crippen LogP contribution in [0.2, 0.25) is 0 Å². The fourth-order valence-electron chi connectivity index (χ4n) is 2.37. The molecule has 0 N–H and O–H groups in total. The fourth-order valence-corrected chi connectivity index (χ4v) is 2.55. The molecule has 0 bridgehead atoms. The predicted octanol–water partition coefficient (Wildman–Crippen LogP) is 3.86. The van der Waals surface area contributed by atoms with Crippen molar-refractivity contribution in [2.75, 3.05) is 16.8 Å². The number of rotatable bonds is 3. The van der Waals surface area contributed by atoms with Gasteiger partial charge in [0.15, 0.2) is 0 Å². The number of hydrogen-bond donors (Lipinski definition) is 0. The first kappa shape index (κ1) is 12.0. The molecule has 0 spiro atoms. The van der Waals surface area contributed by atoms with Crippen molar-refractivity contribution in [1.82, 2.24) is 0 Å². The summed E-state index contributed by atoms with van der Waals surface area (Å²) in [5.74, 6) is 0. The maximum atomic E-state index is 3.61. The molecule has 2 heteroatoms. The molecule has 0 saturated heterocycles. The minimum atomic E-state index is 0.325. The van der Waals surface area contributed by atoms with Gasteiger partial charge in [-0.2, -0.15) is 0 Å². The Labute approximate surface area is 107 Å².